The van der Waals surface area contributed by atoms with E-state index in [9.17, 15) is 14.4 Å². The van der Waals surface area contributed by atoms with Crippen LogP contribution in [0, 0.1) is 0 Å². The molecule has 0 unspecified atom stereocenters. The Hall–Kier alpha value is -2.90. The Bertz CT molecular complexity index is 988. The number of fused-ring (bicyclic) bond motifs is 1. The molecule has 4 rings (SSSR count). The van der Waals surface area contributed by atoms with Crippen LogP contribution in [0.4, 0.5) is 5.69 Å². The molecule has 0 radical (unpaired) electrons. The number of hydrogen-bond donors (Lipinski definition) is 2. The van der Waals surface area contributed by atoms with Crippen LogP contribution in [0.3, 0.4) is 0 Å². The van der Waals surface area contributed by atoms with Crippen molar-refractivity contribution >= 4 is 35.0 Å². The average Bonchev–Trinajstić information content (AvgIpc) is 2.90. The summed E-state index contributed by atoms with van der Waals surface area (Å²) in [5.41, 5.74) is 2.01. The number of piperazine rings is 1. The van der Waals surface area contributed by atoms with Gasteiger partial charge in [-0.3, -0.25) is 19.3 Å². The van der Waals surface area contributed by atoms with Gasteiger partial charge in [-0.05, 0) is 30.2 Å². The van der Waals surface area contributed by atoms with Gasteiger partial charge in [0.05, 0.1) is 11.3 Å². The van der Waals surface area contributed by atoms with E-state index in [2.05, 4.69) is 15.5 Å². The second kappa shape index (κ2) is 9.49. The lowest BCUT2D eigenvalue weighted by molar-refractivity contribution is -0.133. The lowest BCUT2D eigenvalue weighted by Gasteiger charge is -2.35. The van der Waals surface area contributed by atoms with E-state index in [1.807, 2.05) is 29.2 Å². The van der Waals surface area contributed by atoms with E-state index in [1.165, 1.54) is 0 Å². The first kappa shape index (κ1) is 21.3. The summed E-state index contributed by atoms with van der Waals surface area (Å²) in [6.45, 7) is 3.58. The third kappa shape index (κ3) is 5.06. The molecular weight excluding hydrogens is 416 g/mol. The van der Waals surface area contributed by atoms with Gasteiger partial charge in [0.2, 0.25) is 11.8 Å². The number of nitrogens with one attached hydrogen (secondary N) is 2. The first-order valence-electron chi connectivity index (χ1n) is 10.5. The second-order valence-corrected chi connectivity index (χ2v) is 8.26. The van der Waals surface area contributed by atoms with Crippen LogP contribution >= 0.6 is 11.6 Å². The highest BCUT2D eigenvalue weighted by Gasteiger charge is 2.29. The molecule has 1 saturated heterocycles. The number of carbonyl (C=O) groups excluding carboxylic acids is 3. The van der Waals surface area contributed by atoms with Crippen LogP contribution in [0.15, 0.2) is 48.5 Å². The van der Waals surface area contributed by atoms with Crippen LogP contribution in [-0.4, -0.2) is 59.7 Å². The van der Waals surface area contributed by atoms with Crippen molar-refractivity contribution < 1.29 is 14.4 Å². The third-order valence-corrected chi connectivity index (χ3v) is 6.14. The highest BCUT2D eigenvalue weighted by molar-refractivity contribution is 6.31. The highest BCUT2D eigenvalue weighted by atomic mass is 35.5. The summed E-state index contributed by atoms with van der Waals surface area (Å²) in [4.78, 5) is 41.7. The molecule has 0 spiro atoms. The molecular formula is C23H25ClN4O3. The van der Waals surface area contributed by atoms with E-state index in [4.69, 9.17) is 11.6 Å². The number of halogens is 1. The fraction of sp³-hybridized carbons (Fsp3) is 0.348. The molecule has 7 nitrogen and oxygen atoms in total. The molecule has 8 heteroatoms. The zero-order chi connectivity index (χ0) is 21.8. The van der Waals surface area contributed by atoms with Crippen molar-refractivity contribution in [1.29, 1.82) is 0 Å². The number of hydrogen-bond acceptors (Lipinski definition) is 4. The molecule has 0 saturated carbocycles. The minimum atomic E-state index is -0.731. The van der Waals surface area contributed by atoms with Crippen molar-refractivity contribution in [3.8, 4) is 0 Å². The molecule has 2 aromatic rings. The largest absolute Gasteiger partial charge is 0.340 e. The Morgan fingerprint density at radius 3 is 2.48 bits per heavy atom. The molecule has 162 valence electrons. The summed E-state index contributed by atoms with van der Waals surface area (Å²) >= 11 is 6.25. The van der Waals surface area contributed by atoms with Gasteiger partial charge in [-0.25, -0.2) is 0 Å². The zero-order valence-corrected chi connectivity index (χ0v) is 17.9. The summed E-state index contributed by atoms with van der Waals surface area (Å²) in [6.07, 6.45) is 0.476. The Kier molecular flexibility index (Phi) is 6.53. The number of rotatable bonds is 5. The SMILES string of the molecule is O=C1N[C@@H](CCC(=O)N2CCN(Cc3ccccc3Cl)CC2)C(=O)Nc2ccccc21. The topological polar surface area (TPSA) is 81.8 Å². The summed E-state index contributed by atoms with van der Waals surface area (Å²) in [5.74, 6) is -0.601. The van der Waals surface area contributed by atoms with Crippen molar-refractivity contribution in [3.05, 3.63) is 64.7 Å². The van der Waals surface area contributed by atoms with Crippen LogP contribution in [0.1, 0.15) is 28.8 Å². The summed E-state index contributed by atoms with van der Waals surface area (Å²) < 4.78 is 0. The van der Waals surface area contributed by atoms with E-state index < -0.39 is 6.04 Å². The van der Waals surface area contributed by atoms with Crippen LogP contribution in [0.2, 0.25) is 5.02 Å². The van der Waals surface area contributed by atoms with E-state index in [1.54, 1.807) is 24.3 Å². The highest BCUT2D eigenvalue weighted by Crippen LogP contribution is 2.20. The molecule has 2 heterocycles. The molecule has 2 aliphatic heterocycles. The number of carbonyl (C=O) groups is 3. The maximum absolute atomic E-state index is 12.7. The number of benzene rings is 2. The lowest BCUT2D eigenvalue weighted by Crippen LogP contribution is -2.49. The number of para-hydroxylation sites is 1. The molecule has 2 aliphatic rings. The van der Waals surface area contributed by atoms with Crippen molar-refractivity contribution in [3.63, 3.8) is 0 Å². The van der Waals surface area contributed by atoms with Crippen molar-refractivity contribution in [1.82, 2.24) is 15.1 Å². The number of nitrogens with zero attached hydrogens (tertiary/aromatic N) is 2. The molecule has 1 atom stereocenters. The lowest BCUT2D eigenvalue weighted by atomic mass is 10.1. The van der Waals surface area contributed by atoms with Gasteiger partial charge in [0.1, 0.15) is 6.04 Å². The Labute approximate surface area is 186 Å². The molecule has 2 N–H and O–H groups in total. The Balaban J connectivity index is 1.26. The molecule has 1 fully saturated rings. The zero-order valence-electron chi connectivity index (χ0n) is 17.1. The standard InChI is InChI=1S/C23H25ClN4O3/c24-18-7-3-1-5-16(18)15-27-11-13-28(14-12-27)21(29)10-9-20-23(31)25-19-8-4-2-6-17(19)22(30)26-20/h1-8,20H,9-15H2,(H,25,31)(H,26,30)/t20-/m0/s1. The minimum Gasteiger partial charge on any atom is -0.340 e. The van der Waals surface area contributed by atoms with Gasteiger partial charge < -0.3 is 15.5 Å². The van der Waals surface area contributed by atoms with Gasteiger partial charge in [-0.2, -0.15) is 0 Å². The fourth-order valence-corrected chi connectivity index (χ4v) is 4.16. The molecule has 31 heavy (non-hydrogen) atoms. The van der Waals surface area contributed by atoms with Crippen LogP contribution < -0.4 is 10.6 Å². The second-order valence-electron chi connectivity index (χ2n) is 7.85. The smallest absolute Gasteiger partial charge is 0.254 e. The van der Waals surface area contributed by atoms with Gasteiger partial charge in [-0.1, -0.05) is 41.9 Å². The quantitative estimate of drug-likeness (QED) is 0.748. The predicted molar refractivity (Wildman–Crippen MR) is 119 cm³/mol. The molecule has 0 aromatic heterocycles. The first-order chi connectivity index (χ1) is 15.0. The fourth-order valence-electron chi connectivity index (χ4n) is 3.96. The summed E-state index contributed by atoms with van der Waals surface area (Å²) in [6, 6.07) is 13.9. The van der Waals surface area contributed by atoms with Gasteiger partial charge >= 0.3 is 0 Å². The Morgan fingerprint density at radius 1 is 1.00 bits per heavy atom. The van der Waals surface area contributed by atoms with Gasteiger partial charge in [0.15, 0.2) is 0 Å². The van der Waals surface area contributed by atoms with Crippen molar-refractivity contribution in [2.45, 2.75) is 25.4 Å². The van der Waals surface area contributed by atoms with Gasteiger partial charge in [-0.15, -0.1) is 0 Å². The van der Waals surface area contributed by atoms with Crippen molar-refractivity contribution in [2.24, 2.45) is 0 Å². The van der Waals surface area contributed by atoms with Gasteiger partial charge in [0.25, 0.3) is 5.91 Å². The summed E-state index contributed by atoms with van der Waals surface area (Å²) in [5, 5.41) is 6.27. The number of anilines is 1. The maximum atomic E-state index is 12.7. The van der Waals surface area contributed by atoms with Crippen LogP contribution in [-0.2, 0) is 16.1 Å². The summed E-state index contributed by atoms with van der Waals surface area (Å²) in [7, 11) is 0. The maximum Gasteiger partial charge on any atom is 0.254 e. The van der Waals surface area contributed by atoms with Crippen LogP contribution in [0.5, 0.6) is 0 Å². The van der Waals surface area contributed by atoms with E-state index in [0.717, 1.165) is 30.2 Å². The molecule has 0 bridgehead atoms. The van der Waals surface area contributed by atoms with E-state index in [0.29, 0.717) is 24.3 Å². The Morgan fingerprint density at radius 2 is 1.71 bits per heavy atom. The number of amides is 3. The molecule has 0 aliphatic carbocycles. The average molecular weight is 441 g/mol. The minimum absolute atomic E-state index is 0.00111. The molecule has 3 amide bonds. The van der Waals surface area contributed by atoms with E-state index >= 15 is 0 Å². The predicted octanol–water partition coefficient (Wildman–Crippen LogP) is 2.52. The van der Waals surface area contributed by atoms with Gasteiger partial charge in [0, 0.05) is 44.2 Å². The van der Waals surface area contributed by atoms with Crippen LogP contribution in [0.25, 0.3) is 0 Å². The third-order valence-electron chi connectivity index (χ3n) is 5.78. The van der Waals surface area contributed by atoms with Crippen molar-refractivity contribution in [2.75, 3.05) is 31.5 Å². The monoisotopic (exact) mass is 440 g/mol. The van der Waals surface area contributed by atoms with E-state index in [-0.39, 0.29) is 30.6 Å². The first-order valence-corrected chi connectivity index (χ1v) is 10.8. The normalized spacial score (nSPS) is 19.3. The molecule has 2 aromatic carbocycles.